The minimum atomic E-state index is -0.796. The molecule has 3 heteroatoms. The van der Waals surface area contributed by atoms with Gasteiger partial charge in [0, 0.05) is 0 Å². The van der Waals surface area contributed by atoms with Crippen LogP contribution in [0.5, 0.6) is 0 Å². The average Bonchev–Trinajstić information content (AvgIpc) is 4.39. The number of carboxylic acids is 1. The first-order valence-corrected chi connectivity index (χ1v) is 38.0. The topological polar surface area (TPSA) is 57.5 Å². The van der Waals surface area contributed by atoms with E-state index in [1.807, 2.05) is 0 Å². The van der Waals surface area contributed by atoms with Crippen LogP contribution in [0.4, 0.5) is 0 Å². The van der Waals surface area contributed by atoms with E-state index in [-0.39, 0.29) is 0 Å². The lowest BCUT2D eigenvalue weighted by atomic mass is 9.91. The van der Waals surface area contributed by atoms with Crippen molar-refractivity contribution < 1.29 is 15.0 Å². The molecule has 6 unspecified atom stereocenters. The predicted molar refractivity (Wildman–Crippen MR) is 352 cm³/mol. The molecule has 0 bridgehead atoms. The van der Waals surface area contributed by atoms with E-state index < -0.39 is 18.0 Å². The SMILES string of the molecule is CCCCCCCCCCCCCCCCCCCCCCCCC(C(=O)O)C(O)CCCCCCCCCCCCCCCC1CC1CCCCCCCCCCC1CC1CCCCCCCCCCCCCCCCCC. The van der Waals surface area contributed by atoms with Gasteiger partial charge in [-0.3, -0.25) is 4.79 Å². The summed E-state index contributed by atoms with van der Waals surface area (Å²) in [6.45, 7) is 4.61. The van der Waals surface area contributed by atoms with Crippen molar-refractivity contribution in [2.24, 2.45) is 29.6 Å². The minimum absolute atomic E-state index is 0.580. The van der Waals surface area contributed by atoms with E-state index in [0.717, 1.165) is 49.4 Å². The van der Waals surface area contributed by atoms with Gasteiger partial charge in [-0.25, -0.2) is 0 Å². The van der Waals surface area contributed by atoms with E-state index in [1.165, 1.54) is 366 Å². The Morgan fingerprint density at radius 1 is 0.266 bits per heavy atom. The summed E-state index contributed by atoms with van der Waals surface area (Å²) in [7, 11) is 0. The van der Waals surface area contributed by atoms with Gasteiger partial charge in [-0.1, -0.05) is 418 Å². The molecule has 470 valence electrons. The highest BCUT2D eigenvalue weighted by molar-refractivity contribution is 5.70. The molecule has 2 N–H and O–H groups in total. The van der Waals surface area contributed by atoms with Crippen LogP contribution < -0.4 is 0 Å². The Morgan fingerprint density at radius 3 is 0.620 bits per heavy atom. The maximum Gasteiger partial charge on any atom is 0.309 e. The van der Waals surface area contributed by atoms with Crippen LogP contribution in [0.3, 0.4) is 0 Å². The summed E-state index contributed by atoms with van der Waals surface area (Å²) in [5.41, 5.74) is 0. The third-order valence-corrected chi connectivity index (χ3v) is 20.2. The molecule has 2 saturated carbocycles. The van der Waals surface area contributed by atoms with Crippen molar-refractivity contribution in [2.75, 3.05) is 0 Å². The van der Waals surface area contributed by atoms with Crippen molar-refractivity contribution in [1.29, 1.82) is 0 Å². The zero-order chi connectivity index (χ0) is 56.4. The molecule has 0 aromatic rings. The number of hydrogen-bond acceptors (Lipinski definition) is 2. The Labute approximate surface area is 498 Å². The summed E-state index contributed by atoms with van der Waals surface area (Å²) in [5, 5.41) is 20.6. The van der Waals surface area contributed by atoms with Gasteiger partial charge in [0.2, 0.25) is 0 Å². The van der Waals surface area contributed by atoms with Crippen LogP contribution in [0.2, 0.25) is 0 Å². The molecule has 2 rings (SSSR count). The normalized spacial score (nSPS) is 17.7. The molecule has 0 aromatic heterocycles. The summed E-state index contributed by atoms with van der Waals surface area (Å²) in [6, 6.07) is 0. The van der Waals surface area contributed by atoms with E-state index in [4.69, 9.17) is 0 Å². The third-order valence-electron chi connectivity index (χ3n) is 20.2. The molecule has 3 nitrogen and oxygen atoms in total. The lowest BCUT2D eigenvalue weighted by Crippen LogP contribution is -2.28. The van der Waals surface area contributed by atoms with Crippen LogP contribution in [0.15, 0.2) is 0 Å². The van der Waals surface area contributed by atoms with Crippen molar-refractivity contribution in [2.45, 2.75) is 450 Å². The van der Waals surface area contributed by atoms with Gasteiger partial charge in [0.1, 0.15) is 0 Å². The third kappa shape index (κ3) is 51.6. The zero-order valence-corrected chi connectivity index (χ0v) is 54.6. The van der Waals surface area contributed by atoms with Crippen molar-refractivity contribution in [3.05, 3.63) is 0 Å². The number of carboxylic acid groups (broad SMARTS) is 1. The molecule has 0 heterocycles. The average molecular weight is 1110 g/mol. The predicted octanol–water partition coefficient (Wildman–Crippen LogP) is 26.7. The lowest BCUT2D eigenvalue weighted by Gasteiger charge is -2.19. The summed E-state index contributed by atoms with van der Waals surface area (Å²) in [4.78, 5) is 12.0. The Morgan fingerprint density at radius 2 is 0.430 bits per heavy atom. The van der Waals surface area contributed by atoms with E-state index >= 15 is 0 Å². The second kappa shape index (κ2) is 59.2. The van der Waals surface area contributed by atoms with Crippen LogP contribution in [0, 0.1) is 29.6 Å². The monoisotopic (exact) mass is 1110 g/mol. The molecule has 2 aliphatic carbocycles. The smallest absolute Gasteiger partial charge is 0.309 e. The second-order valence-electron chi connectivity index (χ2n) is 27.9. The minimum Gasteiger partial charge on any atom is -0.481 e. The Bertz CT molecular complexity index is 1200. The molecule has 0 spiro atoms. The number of aliphatic hydroxyl groups is 1. The summed E-state index contributed by atoms with van der Waals surface area (Å²) >= 11 is 0. The maximum atomic E-state index is 12.0. The number of carbonyl (C=O) groups is 1. The van der Waals surface area contributed by atoms with E-state index in [9.17, 15) is 15.0 Å². The number of hydrogen-bond donors (Lipinski definition) is 2. The molecule has 0 radical (unpaired) electrons. The quantitative estimate of drug-likeness (QED) is 0.0597. The highest BCUT2D eigenvalue weighted by Crippen LogP contribution is 2.47. The van der Waals surface area contributed by atoms with Gasteiger partial charge in [0.15, 0.2) is 0 Å². The van der Waals surface area contributed by atoms with Crippen molar-refractivity contribution in [3.8, 4) is 0 Å². The van der Waals surface area contributed by atoms with E-state index in [1.54, 1.807) is 25.7 Å². The van der Waals surface area contributed by atoms with Gasteiger partial charge in [0.05, 0.1) is 12.0 Å². The first-order chi connectivity index (χ1) is 39.1. The lowest BCUT2D eigenvalue weighted by molar-refractivity contribution is -0.146. The van der Waals surface area contributed by atoms with Gasteiger partial charge in [0.25, 0.3) is 0 Å². The van der Waals surface area contributed by atoms with E-state index in [2.05, 4.69) is 13.8 Å². The van der Waals surface area contributed by atoms with Gasteiger partial charge in [-0.05, 0) is 49.4 Å². The van der Waals surface area contributed by atoms with Crippen molar-refractivity contribution in [3.63, 3.8) is 0 Å². The fraction of sp³-hybridized carbons (Fsp3) is 0.987. The molecular formula is C76H148O3. The Hall–Kier alpha value is -0.570. The molecule has 79 heavy (non-hydrogen) atoms. The second-order valence-corrected chi connectivity index (χ2v) is 27.9. The fourth-order valence-corrected chi connectivity index (χ4v) is 14.2. The first-order valence-electron chi connectivity index (χ1n) is 38.0. The Balaban J connectivity index is 1.20. The molecule has 0 aromatic carbocycles. The largest absolute Gasteiger partial charge is 0.481 e. The molecule has 0 saturated heterocycles. The molecule has 2 aliphatic rings. The summed E-state index contributed by atoms with van der Waals surface area (Å²) in [5.74, 6) is 3.03. The fourth-order valence-electron chi connectivity index (χ4n) is 14.2. The van der Waals surface area contributed by atoms with Crippen LogP contribution in [-0.2, 0) is 4.79 Å². The number of rotatable bonds is 69. The van der Waals surface area contributed by atoms with Crippen LogP contribution >= 0.6 is 0 Å². The van der Waals surface area contributed by atoms with Crippen molar-refractivity contribution >= 4 is 5.97 Å². The molecule has 6 atom stereocenters. The first kappa shape index (κ1) is 74.5. The van der Waals surface area contributed by atoms with Gasteiger partial charge in [-0.15, -0.1) is 0 Å². The highest BCUT2D eigenvalue weighted by atomic mass is 16.4. The van der Waals surface area contributed by atoms with Gasteiger partial charge < -0.3 is 10.2 Å². The van der Waals surface area contributed by atoms with Crippen LogP contribution in [-0.4, -0.2) is 22.3 Å². The van der Waals surface area contributed by atoms with Crippen molar-refractivity contribution in [1.82, 2.24) is 0 Å². The maximum absolute atomic E-state index is 12.0. The number of unbranched alkanes of at least 4 members (excludes halogenated alkanes) is 55. The molecule has 0 amide bonds. The highest BCUT2D eigenvalue weighted by Gasteiger charge is 2.36. The van der Waals surface area contributed by atoms with E-state index in [0.29, 0.717) is 12.8 Å². The molecule has 2 fully saturated rings. The number of aliphatic hydroxyl groups excluding tert-OH is 1. The Kier molecular flexibility index (Phi) is 55.8. The zero-order valence-electron chi connectivity index (χ0n) is 54.6. The molecule has 0 aliphatic heterocycles. The van der Waals surface area contributed by atoms with Gasteiger partial charge >= 0.3 is 5.97 Å². The summed E-state index contributed by atoms with van der Waals surface area (Å²) in [6.07, 6.45) is 93.0. The van der Waals surface area contributed by atoms with Crippen LogP contribution in [0.25, 0.3) is 0 Å². The summed E-state index contributed by atoms with van der Waals surface area (Å²) < 4.78 is 0. The number of aliphatic carboxylic acids is 1. The van der Waals surface area contributed by atoms with Crippen LogP contribution in [0.1, 0.15) is 444 Å². The standard InChI is InChI=1S/C76H148O3/c1-3-5-7-9-11-13-15-17-19-21-22-23-24-25-26-28-32-36-40-48-54-60-66-74(76(78)79)75(77)67-61-55-49-41-37-33-29-31-35-39-45-51-57-63-71-69-73(71)65-59-53-47-43-42-46-52-58-64-72-68-70(72)62-56-50-44-38-34-30-27-20-18-16-14-12-10-8-6-4-2/h70-75,77H,3-69H2,1-2H3,(H,78,79). The molecular weight excluding hydrogens is 961 g/mol. The van der Waals surface area contributed by atoms with Gasteiger partial charge in [-0.2, -0.15) is 0 Å².